The molecule has 0 saturated heterocycles. The van der Waals surface area contributed by atoms with Gasteiger partial charge in [0.05, 0.1) is 0 Å². The zero-order valence-electron chi connectivity index (χ0n) is 11.9. The molecule has 0 aliphatic heterocycles. The van der Waals surface area contributed by atoms with Gasteiger partial charge in [-0.15, -0.1) is 0 Å². The van der Waals surface area contributed by atoms with Gasteiger partial charge in [0.2, 0.25) is 0 Å². The fourth-order valence-corrected chi connectivity index (χ4v) is 2.27. The Labute approximate surface area is 118 Å². The number of hydrogen-bond acceptors (Lipinski definition) is 2. The average Bonchev–Trinajstić information content (AvgIpc) is 2.39. The maximum Gasteiger partial charge on any atom is 0.290 e. The number of carbonyl (C=O) groups is 2. The summed E-state index contributed by atoms with van der Waals surface area (Å²) in [4.78, 5) is 20.8. The normalized spacial score (nSPS) is 9.35. The van der Waals surface area contributed by atoms with Crippen molar-refractivity contribution in [2.45, 2.75) is 20.8 Å². The second-order valence-corrected chi connectivity index (χ2v) is 4.57. The minimum atomic E-state index is -0.250. The van der Waals surface area contributed by atoms with Gasteiger partial charge in [-0.2, -0.15) is 0 Å². The summed E-state index contributed by atoms with van der Waals surface area (Å²) < 4.78 is 0. The van der Waals surface area contributed by atoms with Crippen molar-refractivity contribution in [2.75, 3.05) is 0 Å². The zero-order chi connectivity index (χ0) is 15.1. The number of rotatable bonds is 2. The van der Waals surface area contributed by atoms with Crippen molar-refractivity contribution in [3.63, 3.8) is 0 Å². The molecule has 0 spiro atoms. The lowest BCUT2D eigenvalue weighted by molar-refractivity contribution is -0.122. The molecule has 0 aliphatic rings. The summed E-state index contributed by atoms with van der Waals surface area (Å²) in [5.41, 5.74) is 4.89. The molecule has 2 aromatic rings. The summed E-state index contributed by atoms with van der Waals surface area (Å²) in [6.45, 7) is 5.79. The van der Waals surface area contributed by atoms with Crippen LogP contribution in [0.4, 0.5) is 0 Å². The number of carbonyl (C=O) groups excluding carboxylic acids is 1. The Morgan fingerprint density at radius 1 is 1.00 bits per heavy atom. The summed E-state index contributed by atoms with van der Waals surface area (Å²) in [6, 6.07) is 13.6. The van der Waals surface area contributed by atoms with Crippen molar-refractivity contribution < 1.29 is 14.7 Å². The quantitative estimate of drug-likeness (QED) is 0.670. The van der Waals surface area contributed by atoms with Gasteiger partial charge in [-0.05, 0) is 31.9 Å². The number of benzene rings is 2. The molecule has 0 atom stereocenters. The highest BCUT2D eigenvalue weighted by Crippen LogP contribution is 2.20. The van der Waals surface area contributed by atoms with Crippen LogP contribution in [0.5, 0.6) is 0 Å². The molecule has 2 aromatic carbocycles. The molecule has 0 aromatic heterocycles. The molecule has 104 valence electrons. The Balaban J connectivity index is 0.000000612. The summed E-state index contributed by atoms with van der Waals surface area (Å²) in [7, 11) is 0. The standard InChI is InChI=1S/C16H16O.CH2O2/c1-11-9-12(2)15(13(3)10-11)16(17)14-7-5-4-6-8-14;2-1-3/h4-10H,1-3H3;1H,(H,2,3). The number of carboxylic acid groups (broad SMARTS) is 1. The highest BCUT2D eigenvalue weighted by molar-refractivity contribution is 6.10. The van der Waals surface area contributed by atoms with Crippen LogP contribution in [0.1, 0.15) is 32.6 Å². The molecular weight excluding hydrogens is 252 g/mol. The van der Waals surface area contributed by atoms with Crippen LogP contribution in [0.15, 0.2) is 42.5 Å². The van der Waals surface area contributed by atoms with E-state index in [-0.39, 0.29) is 12.3 Å². The highest BCUT2D eigenvalue weighted by Gasteiger charge is 2.14. The molecule has 0 bridgehead atoms. The predicted molar refractivity (Wildman–Crippen MR) is 79.2 cm³/mol. The first-order chi connectivity index (χ1) is 9.51. The monoisotopic (exact) mass is 270 g/mol. The van der Waals surface area contributed by atoms with E-state index < -0.39 is 0 Å². The second kappa shape index (κ2) is 7.24. The van der Waals surface area contributed by atoms with Crippen LogP contribution in [0.3, 0.4) is 0 Å². The lowest BCUT2D eigenvalue weighted by Crippen LogP contribution is -2.06. The van der Waals surface area contributed by atoms with E-state index >= 15 is 0 Å². The van der Waals surface area contributed by atoms with E-state index in [9.17, 15) is 4.79 Å². The van der Waals surface area contributed by atoms with E-state index in [1.807, 2.05) is 44.2 Å². The van der Waals surface area contributed by atoms with Crippen molar-refractivity contribution >= 4 is 12.3 Å². The van der Waals surface area contributed by atoms with Crippen molar-refractivity contribution in [3.8, 4) is 0 Å². The van der Waals surface area contributed by atoms with Crippen LogP contribution in [0.25, 0.3) is 0 Å². The van der Waals surface area contributed by atoms with Crippen LogP contribution in [-0.4, -0.2) is 17.4 Å². The molecule has 0 radical (unpaired) electrons. The lowest BCUT2D eigenvalue weighted by Gasteiger charge is -2.10. The van der Waals surface area contributed by atoms with E-state index in [1.54, 1.807) is 0 Å². The fraction of sp³-hybridized carbons (Fsp3) is 0.176. The first-order valence-corrected chi connectivity index (χ1v) is 6.26. The Hall–Kier alpha value is -2.42. The molecule has 0 aliphatic carbocycles. The summed E-state index contributed by atoms with van der Waals surface area (Å²) in [6.07, 6.45) is 0. The molecule has 0 heterocycles. The Morgan fingerprint density at radius 3 is 1.90 bits per heavy atom. The summed E-state index contributed by atoms with van der Waals surface area (Å²) in [5.74, 6) is 0.112. The maximum atomic E-state index is 12.4. The van der Waals surface area contributed by atoms with Gasteiger partial charge in [-0.3, -0.25) is 9.59 Å². The van der Waals surface area contributed by atoms with Crippen molar-refractivity contribution in [3.05, 3.63) is 70.3 Å². The lowest BCUT2D eigenvalue weighted by atomic mass is 9.93. The van der Waals surface area contributed by atoms with Crippen LogP contribution >= 0.6 is 0 Å². The minimum Gasteiger partial charge on any atom is -0.483 e. The van der Waals surface area contributed by atoms with Crippen molar-refractivity contribution in [1.29, 1.82) is 0 Å². The van der Waals surface area contributed by atoms with Crippen LogP contribution < -0.4 is 0 Å². The van der Waals surface area contributed by atoms with Crippen molar-refractivity contribution in [1.82, 2.24) is 0 Å². The van der Waals surface area contributed by atoms with Crippen LogP contribution in [-0.2, 0) is 4.79 Å². The van der Waals surface area contributed by atoms with E-state index in [0.29, 0.717) is 0 Å². The van der Waals surface area contributed by atoms with Gasteiger partial charge in [-0.1, -0.05) is 48.0 Å². The SMILES string of the molecule is Cc1cc(C)c(C(=O)c2ccccc2)c(C)c1.O=CO. The van der Waals surface area contributed by atoms with Gasteiger partial charge in [0.15, 0.2) is 5.78 Å². The maximum absolute atomic E-state index is 12.4. The highest BCUT2D eigenvalue weighted by atomic mass is 16.3. The van der Waals surface area contributed by atoms with E-state index in [4.69, 9.17) is 9.90 Å². The van der Waals surface area contributed by atoms with Gasteiger partial charge < -0.3 is 5.11 Å². The molecule has 0 amide bonds. The summed E-state index contributed by atoms with van der Waals surface area (Å²) in [5, 5.41) is 6.89. The first kappa shape index (κ1) is 15.6. The van der Waals surface area contributed by atoms with Crippen LogP contribution in [0, 0.1) is 20.8 Å². The molecule has 1 N–H and O–H groups in total. The van der Waals surface area contributed by atoms with Gasteiger partial charge in [0.25, 0.3) is 6.47 Å². The van der Waals surface area contributed by atoms with Gasteiger partial charge in [0.1, 0.15) is 0 Å². The Bertz CT molecular complexity index is 578. The van der Waals surface area contributed by atoms with Crippen molar-refractivity contribution in [2.24, 2.45) is 0 Å². The Morgan fingerprint density at radius 2 is 1.45 bits per heavy atom. The van der Waals surface area contributed by atoms with E-state index in [1.165, 1.54) is 5.56 Å². The number of aryl methyl sites for hydroxylation is 3. The topological polar surface area (TPSA) is 54.4 Å². The molecule has 3 nitrogen and oxygen atoms in total. The molecular formula is C17H18O3. The Kier molecular flexibility index (Phi) is 5.66. The average molecular weight is 270 g/mol. The molecule has 0 unspecified atom stereocenters. The largest absolute Gasteiger partial charge is 0.483 e. The molecule has 3 heteroatoms. The molecule has 2 rings (SSSR count). The van der Waals surface area contributed by atoms with E-state index in [2.05, 4.69) is 19.1 Å². The summed E-state index contributed by atoms with van der Waals surface area (Å²) >= 11 is 0. The minimum absolute atomic E-state index is 0.112. The van der Waals surface area contributed by atoms with Gasteiger partial charge in [0, 0.05) is 11.1 Å². The fourth-order valence-electron chi connectivity index (χ4n) is 2.27. The first-order valence-electron chi connectivity index (χ1n) is 6.26. The number of ketones is 1. The molecule has 0 fully saturated rings. The van der Waals surface area contributed by atoms with Gasteiger partial charge in [-0.25, -0.2) is 0 Å². The third-order valence-electron chi connectivity index (χ3n) is 2.94. The smallest absolute Gasteiger partial charge is 0.290 e. The van der Waals surface area contributed by atoms with Crippen LogP contribution in [0.2, 0.25) is 0 Å². The third kappa shape index (κ3) is 3.79. The predicted octanol–water partition coefficient (Wildman–Crippen LogP) is 3.54. The number of hydrogen-bond donors (Lipinski definition) is 1. The molecule has 20 heavy (non-hydrogen) atoms. The van der Waals surface area contributed by atoms with E-state index in [0.717, 1.165) is 22.3 Å². The zero-order valence-corrected chi connectivity index (χ0v) is 11.9. The molecule has 0 saturated carbocycles. The van der Waals surface area contributed by atoms with Gasteiger partial charge >= 0.3 is 0 Å². The second-order valence-electron chi connectivity index (χ2n) is 4.57. The third-order valence-corrected chi connectivity index (χ3v) is 2.94.